The molecule has 1 aliphatic heterocycles. The molecule has 0 aromatic heterocycles. The second-order valence-electron chi connectivity index (χ2n) is 6.71. The summed E-state index contributed by atoms with van der Waals surface area (Å²) < 4.78 is 0. The number of likely N-dealkylation sites (tertiary alicyclic amines) is 1. The zero-order valence-electron chi connectivity index (χ0n) is 14.5. The van der Waals surface area contributed by atoms with Crippen LogP contribution in [0.3, 0.4) is 0 Å². The Balaban J connectivity index is 1.38. The van der Waals surface area contributed by atoms with E-state index >= 15 is 0 Å². The third-order valence-corrected chi connectivity index (χ3v) is 5.04. The predicted octanol–water partition coefficient (Wildman–Crippen LogP) is 3.91. The molecule has 3 nitrogen and oxygen atoms in total. The monoisotopic (exact) mass is 356 g/mol. The summed E-state index contributed by atoms with van der Waals surface area (Å²) in [5.41, 5.74) is 2.50. The Kier molecular flexibility index (Phi) is 6.48. The molecule has 1 saturated heterocycles. The Labute approximate surface area is 155 Å². The van der Waals surface area contributed by atoms with E-state index in [9.17, 15) is 4.79 Å². The first kappa shape index (κ1) is 18.0. The average molecular weight is 357 g/mol. The first-order valence-electron chi connectivity index (χ1n) is 8.99. The molecule has 1 amide bonds. The van der Waals surface area contributed by atoms with Gasteiger partial charge in [0.2, 0.25) is 5.91 Å². The summed E-state index contributed by atoms with van der Waals surface area (Å²) in [5, 5.41) is 3.88. The van der Waals surface area contributed by atoms with Gasteiger partial charge in [-0.15, -0.1) is 0 Å². The second-order valence-corrected chi connectivity index (χ2v) is 7.14. The highest BCUT2D eigenvalue weighted by atomic mass is 35.5. The molecule has 0 spiro atoms. The van der Waals surface area contributed by atoms with E-state index in [2.05, 4.69) is 28.4 Å². The third-order valence-electron chi connectivity index (χ3n) is 4.81. The van der Waals surface area contributed by atoms with Crippen LogP contribution in [0, 0.1) is 5.92 Å². The highest BCUT2D eigenvalue weighted by Gasteiger charge is 2.24. The smallest absolute Gasteiger partial charge is 0.223 e. The van der Waals surface area contributed by atoms with E-state index < -0.39 is 0 Å². The molecule has 0 atom stereocenters. The van der Waals surface area contributed by atoms with Crippen molar-refractivity contribution in [3.63, 3.8) is 0 Å². The van der Waals surface area contributed by atoms with Crippen LogP contribution in [0.5, 0.6) is 0 Å². The molecule has 1 aliphatic rings. The number of rotatable bonds is 6. The summed E-state index contributed by atoms with van der Waals surface area (Å²) in [5.74, 6) is 0.352. The van der Waals surface area contributed by atoms with Crippen LogP contribution in [0.1, 0.15) is 24.0 Å². The van der Waals surface area contributed by atoms with E-state index in [1.165, 1.54) is 11.1 Å². The lowest BCUT2D eigenvalue weighted by molar-refractivity contribution is -0.126. The fourth-order valence-corrected chi connectivity index (χ4v) is 3.58. The second kappa shape index (κ2) is 9.02. The summed E-state index contributed by atoms with van der Waals surface area (Å²) in [7, 11) is 0. The Bertz CT molecular complexity index is 681. The van der Waals surface area contributed by atoms with Crippen LogP contribution in [0.25, 0.3) is 0 Å². The molecule has 25 heavy (non-hydrogen) atoms. The van der Waals surface area contributed by atoms with E-state index in [0.717, 1.165) is 43.9 Å². The zero-order chi connectivity index (χ0) is 17.5. The molecule has 2 aromatic rings. The van der Waals surface area contributed by atoms with Crippen molar-refractivity contribution in [3.8, 4) is 0 Å². The number of hydrogen-bond acceptors (Lipinski definition) is 2. The van der Waals surface area contributed by atoms with E-state index in [-0.39, 0.29) is 11.8 Å². The van der Waals surface area contributed by atoms with Crippen LogP contribution in [0.15, 0.2) is 54.6 Å². The largest absolute Gasteiger partial charge is 0.356 e. The van der Waals surface area contributed by atoms with Crippen molar-refractivity contribution >= 4 is 17.5 Å². The highest BCUT2D eigenvalue weighted by molar-refractivity contribution is 6.30. The quantitative estimate of drug-likeness (QED) is 0.851. The van der Waals surface area contributed by atoms with E-state index in [1.807, 2.05) is 36.4 Å². The minimum atomic E-state index is 0.145. The van der Waals surface area contributed by atoms with Crippen LogP contribution >= 0.6 is 11.6 Å². The highest BCUT2D eigenvalue weighted by Crippen LogP contribution is 2.20. The molecule has 132 valence electrons. The Morgan fingerprint density at radius 2 is 1.76 bits per heavy atom. The number of amides is 1. The fourth-order valence-electron chi connectivity index (χ4n) is 3.37. The molecular formula is C21H25ClN2O. The molecular weight excluding hydrogens is 332 g/mol. The van der Waals surface area contributed by atoms with E-state index in [4.69, 9.17) is 11.6 Å². The molecule has 0 bridgehead atoms. The number of carbonyl (C=O) groups is 1. The number of hydrogen-bond donors (Lipinski definition) is 1. The number of benzene rings is 2. The van der Waals surface area contributed by atoms with Gasteiger partial charge in [0.1, 0.15) is 0 Å². The number of piperidine rings is 1. The maximum atomic E-state index is 12.4. The lowest BCUT2D eigenvalue weighted by Gasteiger charge is -2.31. The van der Waals surface area contributed by atoms with Crippen LogP contribution < -0.4 is 5.32 Å². The van der Waals surface area contributed by atoms with Crippen molar-refractivity contribution < 1.29 is 4.79 Å². The standard InChI is InChI=1S/C21H25ClN2O/c22-20-8-4-7-18(15-20)16-24-13-10-19(11-14-24)21(25)23-12-9-17-5-2-1-3-6-17/h1-8,15,19H,9-14,16H2,(H,23,25). The van der Waals surface area contributed by atoms with Crippen LogP contribution in [0.2, 0.25) is 5.02 Å². The van der Waals surface area contributed by atoms with Gasteiger partial charge in [0.25, 0.3) is 0 Å². The van der Waals surface area contributed by atoms with Gasteiger partial charge in [-0.25, -0.2) is 0 Å². The lowest BCUT2D eigenvalue weighted by atomic mass is 9.95. The molecule has 1 N–H and O–H groups in total. The molecule has 1 heterocycles. The Hall–Kier alpha value is -1.84. The maximum Gasteiger partial charge on any atom is 0.223 e. The van der Waals surface area contributed by atoms with E-state index in [1.54, 1.807) is 0 Å². The number of nitrogens with one attached hydrogen (secondary N) is 1. The van der Waals surface area contributed by atoms with Crippen molar-refractivity contribution in [2.24, 2.45) is 5.92 Å². The van der Waals surface area contributed by atoms with Gasteiger partial charge in [0.05, 0.1) is 0 Å². The maximum absolute atomic E-state index is 12.4. The van der Waals surface area contributed by atoms with Crippen LogP contribution in [-0.2, 0) is 17.8 Å². The summed E-state index contributed by atoms with van der Waals surface area (Å²) in [6.07, 6.45) is 2.75. The van der Waals surface area contributed by atoms with Gasteiger partial charge in [-0.1, -0.05) is 54.1 Å². The number of nitrogens with zero attached hydrogens (tertiary/aromatic N) is 1. The predicted molar refractivity (Wildman–Crippen MR) is 103 cm³/mol. The number of carbonyl (C=O) groups excluding carboxylic acids is 1. The topological polar surface area (TPSA) is 32.3 Å². The Morgan fingerprint density at radius 1 is 1.04 bits per heavy atom. The summed E-state index contributed by atoms with van der Waals surface area (Å²) in [6.45, 7) is 3.54. The molecule has 0 saturated carbocycles. The first-order valence-corrected chi connectivity index (χ1v) is 9.37. The first-order chi connectivity index (χ1) is 12.2. The van der Waals surface area contributed by atoms with Crippen LogP contribution in [0.4, 0.5) is 0 Å². The van der Waals surface area contributed by atoms with Gasteiger partial charge >= 0.3 is 0 Å². The van der Waals surface area contributed by atoms with Crippen molar-refractivity contribution in [3.05, 3.63) is 70.7 Å². The van der Waals surface area contributed by atoms with Crippen molar-refractivity contribution in [1.82, 2.24) is 10.2 Å². The van der Waals surface area contributed by atoms with Crippen molar-refractivity contribution in [2.45, 2.75) is 25.8 Å². The molecule has 0 unspecified atom stereocenters. The minimum Gasteiger partial charge on any atom is -0.356 e. The van der Waals surface area contributed by atoms with Gasteiger partial charge in [-0.2, -0.15) is 0 Å². The van der Waals surface area contributed by atoms with Gasteiger partial charge in [0.15, 0.2) is 0 Å². The molecule has 0 radical (unpaired) electrons. The van der Waals surface area contributed by atoms with Gasteiger partial charge in [-0.3, -0.25) is 9.69 Å². The fraction of sp³-hybridized carbons (Fsp3) is 0.381. The summed E-state index contributed by atoms with van der Waals surface area (Å²) in [4.78, 5) is 14.8. The SMILES string of the molecule is O=C(NCCc1ccccc1)C1CCN(Cc2cccc(Cl)c2)CC1. The third kappa shape index (κ3) is 5.58. The zero-order valence-corrected chi connectivity index (χ0v) is 15.2. The summed E-state index contributed by atoms with van der Waals surface area (Å²) in [6, 6.07) is 18.3. The lowest BCUT2D eigenvalue weighted by Crippen LogP contribution is -2.40. The minimum absolute atomic E-state index is 0.145. The average Bonchev–Trinajstić information content (AvgIpc) is 2.63. The van der Waals surface area contributed by atoms with Crippen LogP contribution in [-0.4, -0.2) is 30.4 Å². The molecule has 4 heteroatoms. The van der Waals surface area contributed by atoms with E-state index in [0.29, 0.717) is 6.54 Å². The molecule has 1 fully saturated rings. The molecule has 2 aromatic carbocycles. The number of halogens is 1. The van der Waals surface area contributed by atoms with Crippen molar-refractivity contribution in [2.75, 3.05) is 19.6 Å². The Morgan fingerprint density at radius 3 is 2.48 bits per heavy atom. The normalized spacial score (nSPS) is 15.9. The summed E-state index contributed by atoms with van der Waals surface area (Å²) >= 11 is 6.05. The molecule has 3 rings (SSSR count). The van der Waals surface area contributed by atoms with Gasteiger partial charge < -0.3 is 5.32 Å². The van der Waals surface area contributed by atoms with Gasteiger partial charge in [0, 0.05) is 24.0 Å². The van der Waals surface area contributed by atoms with Crippen molar-refractivity contribution in [1.29, 1.82) is 0 Å². The van der Waals surface area contributed by atoms with Gasteiger partial charge in [-0.05, 0) is 55.6 Å². The molecule has 0 aliphatic carbocycles.